The molecule has 0 unspecified atom stereocenters. The monoisotopic (exact) mass is 253 g/mol. The van der Waals surface area contributed by atoms with Gasteiger partial charge >= 0.3 is 5.97 Å². The molecule has 0 spiro atoms. The predicted molar refractivity (Wildman–Crippen MR) is 72.1 cm³/mol. The first-order chi connectivity index (χ1) is 8.24. The predicted octanol–water partition coefficient (Wildman–Crippen LogP) is 1.85. The average Bonchev–Trinajstić information content (AvgIpc) is 2.37. The highest BCUT2D eigenvalue weighted by Gasteiger charge is 2.13. The van der Waals surface area contributed by atoms with Gasteiger partial charge in [-0.3, -0.25) is 4.79 Å². The minimum atomic E-state index is -0.488. The lowest BCUT2D eigenvalue weighted by Crippen LogP contribution is -2.33. The second-order valence-corrected chi connectivity index (χ2v) is 4.78. The highest BCUT2D eigenvalue weighted by molar-refractivity contribution is 7.98. The number of hydrogen-bond acceptors (Lipinski definition) is 4. The fourth-order valence-corrected chi connectivity index (χ4v) is 1.87. The summed E-state index contributed by atoms with van der Waals surface area (Å²) in [7, 11) is 0. The zero-order chi connectivity index (χ0) is 12.5. The van der Waals surface area contributed by atoms with Crippen LogP contribution in [-0.2, 0) is 16.0 Å². The van der Waals surface area contributed by atoms with E-state index in [1.54, 1.807) is 11.8 Å². The van der Waals surface area contributed by atoms with E-state index in [1.807, 2.05) is 36.6 Å². The maximum absolute atomic E-state index is 11.5. The van der Waals surface area contributed by atoms with Crippen molar-refractivity contribution in [3.05, 3.63) is 35.9 Å². The van der Waals surface area contributed by atoms with Gasteiger partial charge in [-0.25, -0.2) is 0 Å². The molecule has 0 radical (unpaired) electrons. The Morgan fingerprint density at radius 1 is 1.41 bits per heavy atom. The highest BCUT2D eigenvalue weighted by atomic mass is 32.2. The van der Waals surface area contributed by atoms with Crippen molar-refractivity contribution in [1.82, 2.24) is 0 Å². The van der Waals surface area contributed by atoms with Crippen LogP contribution >= 0.6 is 11.8 Å². The summed E-state index contributed by atoms with van der Waals surface area (Å²) >= 11 is 1.68. The van der Waals surface area contributed by atoms with Crippen molar-refractivity contribution in [2.75, 3.05) is 18.6 Å². The molecule has 0 aliphatic rings. The van der Waals surface area contributed by atoms with Gasteiger partial charge in [-0.05, 0) is 24.0 Å². The van der Waals surface area contributed by atoms with Crippen molar-refractivity contribution in [1.29, 1.82) is 0 Å². The van der Waals surface area contributed by atoms with E-state index in [0.717, 1.165) is 17.7 Å². The molecular formula is C13H19NO2S. The number of esters is 1. The summed E-state index contributed by atoms with van der Waals surface area (Å²) in [6.45, 7) is 0.399. The molecule has 0 amide bonds. The summed E-state index contributed by atoms with van der Waals surface area (Å²) in [5.74, 6) is 0.588. The lowest BCUT2D eigenvalue weighted by atomic mass is 10.2. The van der Waals surface area contributed by atoms with Gasteiger partial charge in [-0.15, -0.1) is 0 Å². The average molecular weight is 253 g/mol. The molecule has 0 saturated heterocycles. The maximum Gasteiger partial charge on any atom is 0.322 e. The van der Waals surface area contributed by atoms with Crippen LogP contribution in [0.4, 0.5) is 0 Å². The Bertz CT molecular complexity index is 329. The van der Waals surface area contributed by atoms with Gasteiger partial charge in [0.15, 0.2) is 0 Å². The van der Waals surface area contributed by atoms with Crippen LogP contribution in [0.3, 0.4) is 0 Å². The van der Waals surface area contributed by atoms with Gasteiger partial charge < -0.3 is 10.5 Å². The molecule has 0 aromatic heterocycles. The molecule has 1 aromatic rings. The Labute approximate surface area is 107 Å². The Kier molecular flexibility index (Phi) is 6.74. The van der Waals surface area contributed by atoms with Crippen LogP contribution in [0.2, 0.25) is 0 Å². The lowest BCUT2D eigenvalue weighted by Gasteiger charge is -2.10. The van der Waals surface area contributed by atoms with E-state index in [9.17, 15) is 4.79 Å². The molecule has 0 aliphatic carbocycles. The van der Waals surface area contributed by atoms with E-state index in [4.69, 9.17) is 10.5 Å². The van der Waals surface area contributed by atoms with Crippen LogP contribution in [0.25, 0.3) is 0 Å². The molecule has 1 aromatic carbocycles. The van der Waals surface area contributed by atoms with E-state index in [2.05, 4.69) is 0 Å². The molecule has 3 nitrogen and oxygen atoms in total. The zero-order valence-corrected chi connectivity index (χ0v) is 10.9. The van der Waals surface area contributed by atoms with Crippen molar-refractivity contribution in [3.63, 3.8) is 0 Å². The summed E-state index contributed by atoms with van der Waals surface area (Å²) in [5, 5.41) is 0. The van der Waals surface area contributed by atoms with Crippen molar-refractivity contribution >= 4 is 17.7 Å². The molecule has 0 saturated carbocycles. The van der Waals surface area contributed by atoms with Gasteiger partial charge in [-0.1, -0.05) is 30.3 Å². The Balaban J connectivity index is 2.20. The third-order valence-electron chi connectivity index (χ3n) is 2.41. The van der Waals surface area contributed by atoms with E-state index in [0.29, 0.717) is 13.0 Å². The number of ether oxygens (including phenoxy) is 1. The fraction of sp³-hybridized carbons (Fsp3) is 0.462. The van der Waals surface area contributed by atoms with Crippen LogP contribution < -0.4 is 5.73 Å². The summed E-state index contributed by atoms with van der Waals surface area (Å²) in [5.41, 5.74) is 6.86. The first kappa shape index (κ1) is 14.1. The van der Waals surface area contributed by atoms with E-state index in [1.165, 1.54) is 0 Å². The van der Waals surface area contributed by atoms with Crippen LogP contribution in [0, 0.1) is 0 Å². The molecular weight excluding hydrogens is 234 g/mol. The SMILES string of the molecule is CSCC[C@H](N)C(=O)OCCc1ccccc1. The first-order valence-electron chi connectivity index (χ1n) is 5.69. The molecule has 1 rings (SSSR count). The third kappa shape index (κ3) is 5.75. The molecule has 4 heteroatoms. The topological polar surface area (TPSA) is 52.3 Å². The minimum Gasteiger partial charge on any atom is -0.464 e. The molecule has 17 heavy (non-hydrogen) atoms. The maximum atomic E-state index is 11.5. The number of nitrogens with two attached hydrogens (primary N) is 1. The standard InChI is InChI=1S/C13H19NO2S/c1-17-10-8-12(14)13(15)16-9-7-11-5-3-2-4-6-11/h2-6,12H,7-10,14H2,1H3/t12-/m0/s1. The summed E-state index contributed by atoms with van der Waals surface area (Å²) < 4.78 is 5.13. The first-order valence-corrected chi connectivity index (χ1v) is 7.08. The minimum absolute atomic E-state index is 0.296. The molecule has 0 aliphatic heterocycles. The summed E-state index contributed by atoms with van der Waals surface area (Å²) in [6, 6.07) is 9.46. The van der Waals surface area contributed by atoms with Crippen LogP contribution in [0.15, 0.2) is 30.3 Å². The molecule has 0 heterocycles. The van der Waals surface area contributed by atoms with Gasteiger partial charge in [0.1, 0.15) is 6.04 Å². The number of carbonyl (C=O) groups excluding carboxylic acids is 1. The Morgan fingerprint density at radius 3 is 2.76 bits per heavy atom. The van der Waals surface area contributed by atoms with E-state index < -0.39 is 6.04 Å². The Morgan fingerprint density at radius 2 is 2.12 bits per heavy atom. The number of benzene rings is 1. The van der Waals surface area contributed by atoms with E-state index >= 15 is 0 Å². The summed E-state index contributed by atoms with van der Waals surface area (Å²) in [6.07, 6.45) is 3.40. The van der Waals surface area contributed by atoms with Crippen molar-refractivity contribution in [2.45, 2.75) is 18.9 Å². The van der Waals surface area contributed by atoms with Crippen molar-refractivity contribution in [3.8, 4) is 0 Å². The van der Waals surface area contributed by atoms with Crippen LogP contribution in [-0.4, -0.2) is 30.6 Å². The summed E-state index contributed by atoms with van der Waals surface area (Å²) in [4.78, 5) is 11.5. The van der Waals surface area contributed by atoms with Gasteiger partial charge in [0, 0.05) is 6.42 Å². The van der Waals surface area contributed by atoms with Gasteiger partial charge in [0.2, 0.25) is 0 Å². The molecule has 0 fully saturated rings. The fourth-order valence-electron chi connectivity index (χ4n) is 1.38. The smallest absolute Gasteiger partial charge is 0.322 e. The quantitative estimate of drug-likeness (QED) is 0.754. The second kappa shape index (κ2) is 8.14. The second-order valence-electron chi connectivity index (χ2n) is 3.79. The van der Waals surface area contributed by atoms with Gasteiger partial charge in [-0.2, -0.15) is 11.8 Å². The molecule has 1 atom stereocenters. The molecule has 0 bridgehead atoms. The van der Waals surface area contributed by atoms with E-state index in [-0.39, 0.29) is 5.97 Å². The van der Waals surface area contributed by atoms with Gasteiger partial charge in [0.25, 0.3) is 0 Å². The zero-order valence-electron chi connectivity index (χ0n) is 10.1. The number of carbonyl (C=O) groups is 1. The largest absolute Gasteiger partial charge is 0.464 e. The van der Waals surface area contributed by atoms with Gasteiger partial charge in [0.05, 0.1) is 6.61 Å². The third-order valence-corrected chi connectivity index (χ3v) is 3.06. The Hall–Kier alpha value is -1.00. The van der Waals surface area contributed by atoms with Crippen LogP contribution in [0.5, 0.6) is 0 Å². The number of hydrogen-bond donors (Lipinski definition) is 1. The number of rotatable bonds is 7. The molecule has 2 N–H and O–H groups in total. The molecule has 94 valence electrons. The van der Waals surface area contributed by atoms with Crippen molar-refractivity contribution < 1.29 is 9.53 Å². The number of thioether (sulfide) groups is 1. The normalized spacial score (nSPS) is 12.1. The van der Waals surface area contributed by atoms with Crippen LogP contribution in [0.1, 0.15) is 12.0 Å². The van der Waals surface area contributed by atoms with Crippen molar-refractivity contribution in [2.24, 2.45) is 5.73 Å². The lowest BCUT2D eigenvalue weighted by molar-refractivity contribution is -0.145. The highest BCUT2D eigenvalue weighted by Crippen LogP contribution is 2.02.